The minimum Gasteiger partial charge on any atom is -0.465 e. The van der Waals surface area contributed by atoms with Gasteiger partial charge in [0.25, 0.3) is 5.56 Å². The fraction of sp³-hybridized carbons (Fsp3) is 0.231. The molecular formula is C13H11NO4. The zero-order valence-electron chi connectivity index (χ0n) is 9.73. The number of nitrogens with one attached hydrogen (secondary N) is 1. The molecule has 0 bridgehead atoms. The topological polar surface area (TPSA) is 71.7 Å². The monoisotopic (exact) mass is 245 g/mol. The summed E-state index contributed by atoms with van der Waals surface area (Å²) < 4.78 is 9.77. The number of H-pyrrole nitrogens is 1. The molecule has 1 atom stereocenters. The van der Waals surface area contributed by atoms with Crippen molar-refractivity contribution in [2.24, 2.45) is 0 Å². The highest BCUT2D eigenvalue weighted by atomic mass is 16.6. The van der Waals surface area contributed by atoms with Crippen LogP contribution in [0.2, 0.25) is 0 Å². The first kappa shape index (κ1) is 11.0. The number of methoxy groups -OCH3 is 1. The molecule has 5 heteroatoms. The van der Waals surface area contributed by atoms with Gasteiger partial charge in [0.2, 0.25) is 0 Å². The number of benzene rings is 1. The molecule has 1 N–H and O–H groups in total. The number of rotatable bonds is 2. The van der Waals surface area contributed by atoms with Gasteiger partial charge in [0.15, 0.2) is 0 Å². The van der Waals surface area contributed by atoms with Crippen molar-refractivity contribution in [3.05, 3.63) is 45.7 Å². The number of carbonyl (C=O) groups is 1. The molecule has 0 amide bonds. The third kappa shape index (κ3) is 1.78. The molecule has 1 unspecified atom stereocenters. The van der Waals surface area contributed by atoms with Crippen LogP contribution >= 0.6 is 0 Å². The van der Waals surface area contributed by atoms with Crippen LogP contribution in [0.1, 0.15) is 22.0 Å². The molecule has 3 rings (SSSR count). The largest absolute Gasteiger partial charge is 0.465 e. The fourth-order valence-electron chi connectivity index (χ4n) is 1.94. The Morgan fingerprint density at radius 3 is 2.89 bits per heavy atom. The zero-order chi connectivity index (χ0) is 12.7. The van der Waals surface area contributed by atoms with Gasteiger partial charge in [-0.15, -0.1) is 0 Å². The van der Waals surface area contributed by atoms with Crippen LogP contribution in [0.15, 0.2) is 29.1 Å². The van der Waals surface area contributed by atoms with Crippen molar-refractivity contribution in [3.63, 3.8) is 0 Å². The second-order valence-corrected chi connectivity index (χ2v) is 4.17. The minimum atomic E-state index is -0.396. The van der Waals surface area contributed by atoms with Gasteiger partial charge in [-0.1, -0.05) is 0 Å². The number of aromatic amines is 1. The maximum atomic E-state index is 11.8. The second-order valence-electron chi connectivity index (χ2n) is 4.17. The molecule has 1 aliphatic rings. The molecule has 18 heavy (non-hydrogen) atoms. The Morgan fingerprint density at radius 2 is 2.22 bits per heavy atom. The number of esters is 1. The Bertz CT molecular complexity index is 685. The first-order chi connectivity index (χ1) is 8.69. The molecule has 0 aliphatic carbocycles. The summed E-state index contributed by atoms with van der Waals surface area (Å²) in [5.74, 6) is -0.396. The van der Waals surface area contributed by atoms with Gasteiger partial charge in [-0.3, -0.25) is 4.79 Å². The number of aromatic nitrogens is 1. The van der Waals surface area contributed by atoms with Crippen LogP contribution in [0.25, 0.3) is 10.9 Å². The lowest BCUT2D eigenvalue weighted by Gasteiger charge is -2.03. The van der Waals surface area contributed by atoms with Crippen molar-refractivity contribution >= 4 is 16.9 Å². The van der Waals surface area contributed by atoms with Crippen LogP contribution in [0.3, 0.4) is 0 Å². The summed E-state index contributed by atoms with van der Waals surface area (Å²) in [5.41, 5.74) is 1.61. The maximum Gasteiger partial charge on any atom is 0.337 e. The molecule has 92 valence electrons. The van der Waals surface area contributed by atoms with Gasteiger partial charge < -0.3 is 14.5 Å². The molecule has 1 saturated heterocycles. The van der Waals surface area contributed by atoms with Crippen LogP contribution in [0.4, 0.5) is 0 Å². The number of fused-ring (bicyclic) bond motifs is 1. The van der Waals surface area contributed by atoms with Gasteiger partial charge in [-0.25, -0.2) is 4.79 Å². The number of epoxide rings is 1. The average Bonchev–Trinajstić information content (AvgIpc) is 3.20. The van der Waals surface area contributed by atoms with Crippen LogP contribution in [0, 0.1) is 0 Å². The molecule has 0 spiro atoms. The van der Waals surface area contributed by atoms with Gasteiger partial charge >= 0.3 is 5.97 Å². The molecule has 1 aliphatic heterocycles. The molecule has 2 aromatic rings. The molecule has 0 radical (unpaired) electrons. The van der Waals surface area contributed by atoms with Crippen LogP contribution in [0.5, 0.6) is 0 Å². The van der Waals surface area contributed by atoms with E-state index in [9.17, 15) is 9.59 Å². The second kappa shape index (κ2) is 3.96. The van der Waals surface area contributed by atoms with Gasteiger partial charge in [0, 0.05) is 11.1 Å². The summed E-state index contributed by atoms with van der Waals surface area (Å²) in [6.07, 6.45) is -0.111. The SMILES string of the molecule is COC(=O)c1ccc2[nH]c(=O)c(C3CO3)cc2c1. The molecule has 1 aromatic heterocycles. The summed E-state index contributed by atoms with van der Waals surface area (Å²) in [6.45, 7) is 0.575. The van der Waals surface area contributed by atoms with Crippen molar-refractivity contribution < 1.29 is 14.3 Å². The zero-order valence-corrected chi connectivity index (χ0v) is 9.73. The summed E-state index contributed by atoms with van der Waals surface area (Å²) in [6, 6.07) is 6.78. The maximum absolute atomic E-state index is 11.8. The summed E-state index contributed by atoms with van der Waals surface area (Å²) in [7, 11) is 1.34. The summed E-state index contributed by atoms with van der Waals surface area (Å²) in [5, 5.41) is 0.794. The van der Waals surface area contributed by atoms with Crippen molar-refractivity contribution in [1.82, 2.24) is 4.98 Å². The highest BCUT2D eigenvalue weighted by Gasteiger charge is 2.27. The average molecular weight is 245 g/mol. The Hall–Kier alpha value is -2.14. The van der Waals surface area contributed by atoms with E-state index >= 15 is 0 Å². The number of carbonyl (C=O) groups excluding carboxylic acids is 1. The van der Waals surface area contributed by atoms with Crippen molar-refractivity contribution in [3.8, 4) is 0 Å². The van der Waals surface area contributed by atoms with Crippen molar-refractivity contribution in [2.75, 3.05) is 13.7 Å². The van der Waals surface area contributed by atoms with Gasteiger partial charge in [0.05, 0.1) is 19.3 Å². The first-order valence-electron chi connectivity index (χ1n) is 5.56. The van der Waals surface area contributed by atoms with Crippen molar-refractivity contribution in [1.29, 1.82) is 0 Å². The van der Waals surface area contributed by atoms with Crippen LogP contribution in [-0.2, 0) is 9.47 Å². The fourth-order valence-corrected chi connectivity index (χ4v) is 1.94. The lowest BCUT2D eigenvalue weighted by Crippen LogP contribution is -2.12. The normalized spacial score (nSPS) is 17.7. The summed E-state index contributed by atoms with van der Waals surface area (Å²) in [4.78, 5) is 26.0. The van der Waals surface area contributed by atoms with Crippen LogP contribution in [-0.4, -0.2) is 24.7 Å². The highest BCUT2D eigenvalue weighted by molar-refractivity contribution is 5.94. The summed E-state index contributed by atoms with van der Waals surface area (Å²) >= 11 is 0. The Morgan fingerprint density at radius 1 is 1.44 bits per heavy atom. The third-order valence-corrected chi connectivity index (χ3v) is 2.97. The van der Waals surface area contributed by atoms with E-state index in [4.69, 9.17) is 4.74 Å². The quantitative estimate of drug-likeness (QED) is 0.641. The van der Waals surface area contributed by atoms with Gasteiger partial charge in [0.1, 0.15) is 6.10 Å². The lowest BCUT2D eigenvalue weighted by atomic mass is 10.1. The number of hydrogen-bond acceptors (Lipinski definition) is 4. The lowest BCUT2D eigenvalue weighted by molar-refractivity contribution is 0.0601. The predicted octanol–water partition coefficient (Wildman–Crippen LogP) is 1.39. The van der Waals surface area contributed by atoms with Gasteiger partial charge in [-0.05, 0) is 29.7 Å². The Balaban J connectivity index is 2.17. The van der Waals surface area contributed by atoms with E-state index in [-0.39, 0.29) is 11.7 Å². The first-order valence-corrected chi connectivity index (χ1v) is 5.56. The molecule has 2 heterocycles. The standard InChI is InChI=1S/C13H11NO4/c1-17-13(16)7-2-3-10-8(4-7)5-9(11-6-18-11)12(15)14-10/h2-5,11H,6H2,1H3,(H,14,15). The number of ether oxygens (including phenoxy) is 2. The number of pyridine rings is 1. The molecule has 5 nitrogen and oxygen atoms in total. The van der Waals surface area contributed by atoms with E-state index in [1.807, 2.05) is 0 Å². The van der Waals surface area contributed by atoms with E-state index in [0.717, 1.165) is 5.39 Å². The van der Waals surface area contributed by atoms with Crippen molar-refractivity contribution in [2.45, 2.75) is 6.10 Å². The van der Waals surface area contributed by atoms with E-state index in [0.29, 0.717) is 23.3 Å². The number of hydrogen-bond donors (Lipinski definition) is 1. The van der Waals surface area contributed by atoms with E-state index in [1.165, 1.54) is 7.11 Å². The molecule has 1 aromatic carbocycles. The Labute approximate surface area is 102 Å². The Kier molecular flexibility index (Phi) is 2.41. The van der Waals surface area contributed by atoms with Crippen LogP contribution < -0.4 is 5.56 Å². The predicted molar refractivity (Wildman–Crippen MR) is 64.6 cm³/mol. The smallest absolute Gasteiger partial charge is 0.337 e. The molecule has 1 fully saturated rings. The minimum absolute atomic E-state index is 0.111. The highest BCUT2D eigenvalue weighted by Crippen LogP contribution is 2.28. The van der Waals surface area contributed by atoms with E-state index in [1.54, 1.807) is 24.3 Å². The van der Waals surface area contributed by atoms with E-state index in [2.05, 4.69) is 9.72 Å². The molecule has 0 saturated carbocycles. The molecular weight excluding hydrogens is 234 g/mol. The third-order valence-electron chi connectivity index (χ3n) is 2.97. The van der Waals surface area contributed by atoms with Gasteiger partial charge in [-0.2, -0.15) is 0 Å². The van der Waals surface area contributed by atoms with E-state index < -0.39 is 5.97 Å².